The minimum atomic E-state index is -4.68. The van der Waals surface area contributed by atoms with E-state index in [2.05, 4.69) is 20.2 Å². The summed E-state index contributed by atoms with van der Waals surface area (Å²) >= 11 is 0. The Kier molecular flexibility index (Phi) is 7.72. The van der Waals surface area contributed by atoms with E-state index in [1.54, 1.807) is 4.90 Å². The van der Waals surface area contributed by atoms with E-state index in [9.17, 15) is 22.8 Å². The summed E-state index contributed by atoms with van der Waals surface area (Å²) in [6, 6.07) is 5.95. The van der Waals surface area contributed by atoms with Crippen molar-refractivity contribution in [2.75, 3.05) is 57.9 Å². The Morgan fingerprint density at radius 1 is 1.24 bits per heavy atom. The number of nitrogen functional groups attached to an aromatic ring is 1. The monoisotopic (exact) mass is 478 g/mol. The molecule has 1 aromatic heterocycles. The molecule has 1 aliphatic rings. The number of hydrogen-bond donors (Lipinski definition) is 2. The van der Waals surface area contributed by atoms with Crippen molar-refractivity contribution in [3.05, 3.63) is 47.3 Å². The predicted molar refractivity (Wildman–Crippen MR) is 121 cm³/mol. The molecule has 0 atom stereocenters. The highest BCUT2D eigenvalue weighted by atomic mass is 19.4. The highest BCUT2D eigenvalue weighted by Crippen LogP contribution is 2.30. The van der Waals surface area contributed by atoms with Crippen molar-refractivity contribution in [3.63, 3.8) is 0 Å². The van der Waals surface area contributed by atoms with Gasteiger partial charge in [-0.05, 0) is 25.2 Å². The lowest BCUT2D eigenvalue weighted by Crippen LogP contribution is -2.47. The van der Waals surface area contributed by atoms with E-state index in [1.165, 1.54) is 31.5 Å². The molecule has 2 heterocycles. The number of benzene rings is 1. The van der Waals surface area contributed by atoms with E-state index >= 15 is 0 Å². The fourth-order valence-electron chi connectivity index (χ4n) is 3.27. The van der Waals surface area contributed by atoms with Gasteiger partial charge in [0.25, 0.3) is 5.91 Å². The van der Waals surface area contributed by atoms with Gasteiger partial charge < -0.3 is 25.6 Å². The third-order valence-corrected chi connectivity index (χ3v) is 5.24. The lowest BCUT2D eigenvalue weighted by Gasteiger charge is -2.32. The SMILES string of the molecule is COc1cc(N)c(C=NCC(=O)N2CCN(C)CC2)cc1NC(=O)c1cccc(C(F)(F)F)n1. The molecule has 2 amide bonds. The van der Waals surface area contributed by atoms with Crippen molar-refractivity contribution < 1.29 is 27.5 Å². The zero-order valence-electron chi connectivity index (χ0n) is 18.7. The van der Waals surface area contributed by atoms with Gasteiger partial charge in [0.1, 0.15) is 23.7 Å². The average molecular weight is 478 g/mol. The first-order valence-corrected chi connectivity index (χ1v) is 10.4. The Morgan fingerprint density at radius 2 is 1.94 bits per heavy atom. The number of amides is 2. The summed E-state index contributed by atoms with van der Waals surface area (Å²) in [5.41, 5.74) is 5.28. The summed E-state index contributed by atoms with van der Waals surface area (Å²) < 4.78 is 44.0. The van der Waals surface area contributed by atoms with Gasteiger partial charge in [0.05, 0.1) is 12.8 Å². The van der Waals surface area contributed by atoms with Gasteiger partial charge in [-0.3, -0.25) is 14.6 Å². The molecule has 9 nitrogen and oxygen atoms in total. The molecule has 0 unspecified atom stereocenters. The maximum absolute atomic E-state index is 12.9. The number of pyridine rings is 1. The van der Waals surface area contributed by atoms with Gasteiger partial charge in [-0.2, -0.15) is 13.2 Å². The molecule has 3 N–H and O–H groups in total. The van der Waals surface area contributed by atoms with Gasteiger partial charge in [-0.15, -0.1) is 0 Å². The van der Waals surface area contributed by atoms with Gasteiger partial charge in [-0.1, -0.05) is 6.07 Å². The molecule has 0 radical (unpaired) electrons. The van der Waals surface area contributed by atoms with Crippen LogP contribution in [0.15, 0.2) is 35.3 Å². The summed E-state index contributed by atoms with van der Waals surface area (Å²) in [6.45, 7) is 2.80. The number of aromatic nitrogens is 1. The van der Waals surface area contributed by atoms with Gasteiger partial charge in [0.15, 0.2) is 0 Å². The molecule has 12 heteroatoms. The van der Waals surface area contributed by atoms with Crippen molar-refractivity contribution in [3.8, 4) is 5.75 Å². The van der Waals surface area contributed by atoms with Crippen LogP contribution in [0, 0.1) is 0 Å². The number of ether oxygens (including phenoxy) is 1. The zero-order valence-corrected chi connectivity index (χ0v) is 18.7. The average Bonchev–Trinajstić information content (AvgIpc) is 2.80. The van der Waals surface area contributed by atoms with Crippen LogP contribution in [0.4, 0.5) is 24.5 Å². The molecule has 1 saturated heterocycles. The second kappa shape index (κ2) is 10.5. The van der Waals surface area contributed by atoms with Crippen LogP contribution in [0.2, 0.25) is 0 Å². The van der Waals surface area contributed by atoms with Crippen LogP contribution >= 0.6 is 0 Å². The summed E-state index contributed by atoms with van der Waals surface area (Å²) in [5, 5.41) is 2.49. The van der Waals surface area contributed by atoms with Crippen LogP contribution in [-0.4, -0.2) is 79.7 Å². The highest BCUT2D eigenvalue weighted by Gasteiger charge is 2.33. The fraction of sp³-hybridized carbons (Fsp3) is 0.364. The minimum Gasteiger partial charge on any atom is -0.494 e. The predicted octanol–water partition coefficient (Wildman–Crippen LogP) is 2.14. The Bertz CT molecular complexity index is 1080. The molecular formula is C22H25F3N6O3. The van der Waals surface area contributed by atoms with E-state index in [-0.39, 0.29) is 29.6 Å². The van der Waals surface area contributed by atoms with Crippen molar-refractivity contribution in [2.24, 2.45) is 4.99 Å². The number of likely N-dealkylation sites (N-methyl/N-ethyl adjacent to an activating group) is 1. The molecule has 0 aliphatic carbocycles. The molecule has 182 valence electrons. The number of nitrogens with zero attached hydrogens (tertiary/aromatic N) is 4. The van der Waals surface area contributed by atoms with Crippen molar-refractivity contribution in [2.45, 2.75) is 6.18 Å². The number of carbonyl (C=O) groups excluding carboxylic acids is 2. The number of anilines is 2. The fourth-order valence-corrected chi connectivity index (χ4v) is 3.27. The number of nitrogens with two attached hydrogens (primary N) is 1. The standard InChI is InChI=1S/C22H25F3N6O3/c1-30-6-8-31(9-7-30)20(32)13-27-12-14-10-17(18(34-2)11-15(14)26)29-21(33)16-4-3-5-19(28-16)22(23,24)25/h3-5,10-12H,6-9,13,26H2,1-2H3,(H,29,33). The molecule has 2 aromatic rings. The maximum Gasteiger partial charge on any atom is 0.433 e. The number of rotatable bonds is 6. The first kappa shape index (κ1) is 25.0. The molecule has 1 aromatic carbocycles. The quantitative estimate of drug-likeness (QED) is 0.486. The third kappa shape index (κ3) is 6.22. The molecule has 3 rings (SSSR count). The summed E-state index contributed by atoms with van der Waals surface area (Å²) in [6.07, 6.45) is -3.28. The van der Waals surface area contributed by atoms with Crippen LogP contribution in [0.1, 0.15) is 21.7 Å². The third-order valence-electron chi connectivity index (χ3n) is 5.24. The van der Waals surface area contributed by atoms with Crippen LogP contribution in [0.3, 0.4) is 0 Å². The maximum atomic E-state index is 12.9. The van der Waals surface area contributed by atoms with Crippen molar-refractivity contribution in [1.29, 1.82) is 0 Å². The Morgan fingerprint density at radius 3 is 2.59 bits per heavy atom. The summed E-state index contributed by atoms with van der Waals surface area (Å²) in [4.78, 5) is 36.3. The van der Waals surface area contributed by atoms with Gasteiger partial charge in [0.2, 0.25) is 5.91 Å². The molecular weight excluding hydrogens is 453 g/mol. The summed E-state index contributed by atoms with van der Waals surface area (Å²) in [5.74, 6) is -0.772. The molecule has 1 fully saturated rings. The molecule has 1 aliphatic heterocycles. The topological polar surface area (TPSA) is 113 Å². The number of carbonyl (C=O) groups is 2. The zero-order chi connectivity index (χ0) is 24.9. The Labute approximate surface area is 194 Å². The van der Waals surface area contributed by atoms with Crippen LogP contribution in [0.5, 0.6) is 5.75 Å². The van der Waals surface area contributed by atoms with Crippen molar-refractivity contribution >= 4 is 29.4 Å². The second-order valence-electron chi connectivity index (χ2n) is 7.70. The van der Waals surface area contributed by atoms with Gasteiger partial charge in [-0.25, -0.2) is 4.98 Å². The van der Waals surface area contributed by atoms with E-state index in [0.29, 0.717) is 18.7 Å². The molecule has 34 heavy (non-hydrogen) atoms. The molecule has 0 saturated carbocycles. The molecule has 0 spiro atoms. The van der Waals surface area contributed by atoms with E-state index < -0.39 is 23.5 Å². The number of halogens is 3. The number of hydrogen-bond acceptors (Lipinski definition) is 7. The Balaban J connectivity index is 1.74. The first-order chi connectivity index (χ1) is 16.1. The lowest BCUT2D eigenvalue weighted by atomic mass is 10.1. The second-order valence-corrected chi connectivity index (χ2v) is 7.70. The smallest absolute Gasteiger partial charge is 0.433 e. The first-order valence-electron chi connectivity index (χ1n) is 10.4. The van der Waals surface area contributed by atoms with Crippen LogP contribution in [0.25, 0.3) is 0 Å². The number of aliphatic imine (C=N–C) groups is 1. The molecule has 0 bridgehead atoms. The number of alkyl halides is 3. The van der Waals surface area contributed by atoms with Crippen molar-refractivity contribution in [1.82, 2.24) is 14.8 Å². The van der Waals surface area contributed by atoms with E-state index in [4.69, 9.17) is 10.5 Å². The van der Waals surface area contributed by atoms with E-state index in [1.807, 2.05) is 7.05 Å². The lowest BCUT2D eigenvalue weighted by molar-refractivity contribution is -0.141. The van der Waals surface area contributed by atoms with E-state index in [0.717, 1.165) is 25.2 Å². The summed E-state index contributed by atoms with van der Waals surface area (Å²) in [7, 11) is 3.35. The Hall–Kier alpha value is -3.67. The number of piperazine rings is 1. The van der Waals surface area contributed by atoms with Gasteiger partial charge in [0, 0.05) is 49.7 Å². The largest absolute Gasteiger partial charge is 0.494 e. The van der Waals surface area contributed by atoms with Crippen LogP contribution < -0.4 is 15.8 Å². The highest BCUT2D eigenvalue weighted by molar-refractivity contribution is 6.05. The minimum absolute atomic E-state index is 0.0645. The van der Waals surface area contributed by atoms with Crippen LogP contribution in [-0.2, 0) is 11.0 Å². The number of nitrogens with one attached hydrogen (secondary N) is 1. The normalized spacial score (nSPS) is 14.9. The van der Waals surface area contributed by atoms with Gasteiger partial charge >= 0.3 is 6.18 Å². The number of methoxy groups -OCH3 is 1.